The number of anilines is 1. The van der Waals surface area contributed by atoms with Gasteiger partial charge in [-0.05, 0) is 24.0 Å². The number of aromatic nitrogens is 2. The first kappa shape index (κ1) is 15.5. The van der Waals surface area contributed by atoms with Crippen LogP contribution in [0.3, 0.4) is 0 Å². The fraction of sp³-hybridized carbons (Fsp3) is 0.286. The summed E-state index contributed by atoms with van der Waals surface area (Å²) >= 11 is 0. The molecule has 1 heterocycles. The molecule has 0 saturated heterocycles. The molecule has 1 atom stereocenters. The van der Waals surface area contributed by atoms with Crippen molar-refractivity contribution in [2.45, 2.75) is 20.4 Å². The topological polar surface area (TPSA) is 110 Å². The van der Waals surface area contributed by atoms with E-state index < -0.39 is 10.8 Å². The van der Waals surface area contributed by atoms with E-state index in [4.69, 9.17) is 0 Å². The third kappa shape index (κ3) is 3.40. The molecule has 2 N–H and O–H groups in total. The number of amides is 1. The Morgan fingerprint density at radius 3 is 2.77 bits per heavy atom. The van der Waals surface area contributed by atoms with Crippen molar-refractivity contribution in [3.63, 3.8) is 0 Å². The van der Waals surface area contributed by atoms with Crippen LogP contribution in [-0.2, 0) is 11.3 Å². The second-order valence-corrected chi connectivity index (χ2v) is 4.99. The molecule has 0 fully saturated rings. The molecule has 0 aliphatic heterocycles. The molecular weight excluding hydrogens is 288 g/mol. The van der Waals surface area contributed by atoms with Gasteiger partial charge in [-0.2, -0.15) is 4.68 Å². The number of phenolic OH excluding ortho intramolecular Hbond substituents is 1. The Morgan fingerprint density at radius 1 is 1.50 bits per heavy atom. The second kappa shape index (κ2) is 6.25. The van der Waals surface area contributed by atoms with Gasteiger partial charge < -0.3 is 20.5 Å². The highest BCUT2D eigenvalue weighted by molar-refractivity contribution is 5.93. The van der Waals surface area contributed by atoms with E-state index in [0.29, 0.717) is 11.4 Å². The molecule has 0 bridgehead atoms. The fourth-order valence-electron chi connectivity index (χ4n) is 1.94. The van der Waals surface area contributed by atoms with Crippen molar-refractivity contribution in [3.8, 4) is 5.75 Å². The number of para-hydroxylation sites is 2. The first-order valence-electron chi connectivity index (χ1n) is 6.66. The normalized spacial score (nSPS) is 11.9. The smallest absolute Gasteiger partial charge is 0.390 e. The molecule has 0 aliphatic carbocycles. The predicted molar refractivity (Wildman–Crippen MR) is 79.5 cm³/mol. The average molecular weight is 304 g/mol. The summed E-state index contributed by atoms with van der Waals surface area (Å²) in [4.78, 5) is 22.2. The second-order valence-electron chi connectivity index (χ2n) is 4.99. The van der Waals surface area contributed by atoms with Gasteiger partial charge in [-0.15, -0.1) is 0 Å². The summed E-state index contributed by atoms with van der Waals surface area (Å²) in [5.74, 6) is -1.04. The van der Waals surface area contributed by atoms with Gasteiger partial charge in [0.1, 0.15) is 5.75 Å². The lowest BCUT2D eigenvalue weighted by Crippen LogP contribution is -2.25. The standard InChI is InChI=1S/C14H16N4O4/c1-9(8-17-10(2)7-13(16-17)18(21)22)14(20)15-11-5-3-4-6-12(11)19/h3-7,9,19H,8H2,1-2H3,(H,15,20)/t9-/m1/s1. The van der Waals surface area contributed by atoms with Crippen LogP contribution in [0.25, 0.3) is 0 Å². The maximum absolute atomic E-state index is 12.1. The van der Waals surface area contributed by atoms with E-state index in [1.165, 1.54) is 16.8 Å². The Kier molecular flexibility index (Phi) is 4.40. The van der Waals surface area contributed by atoms with E-state index in [2.05, 4.69) is 10.4 Å². The fourth-order valence-corrected chi connectivity index (χ4v) is 1.94. The highest BCUT2D eigenvalue weighted by Crippen LogP contribution is 2.22. The number of carbonyl (C=O) groups excluding carboxylic acids is 1. The SMILES string of the molecule is Cc1cc([N+](=O)[O-])nn1C[C@@H](C)C(=O)Nc1ccccc1O. The summed E-state index contributed by atoms with van der Waals surface area (Å²) in [5, 5.41) is 26.8. The van der Waals surface area contributed by atoms with Crippen LogP contribution in [0.2, 0.25) is 0 Å². The molecule has 8 nitrogen and oxygen atoms in total. The van der Waals surface area contributed by atoms with E-state index >= 15 is 0 Å². The molecule has 0 spiro atoms. The summed E-state index contributed by atoms with van der Waals surface area (Å²) in [5.41, 5.74) is 0.927. The third-order valence-corrected chi connectivity index (χ3v) is 3.21. The maximum atomic E-state index is 12.1. The summed E-state index contributed by atoms with van der Waals surface area (Å²) in [7, 11) is 0. The lowest BCUT2D eigenvalue weighted by Gasteiger charge is -2.12. The average Bonchev–Trinajstić information content (AvgIpc) is 2.83. The van der Waals surface area contributed by atoms with Gasteiger partial charge in [-0.25, -0.2) is 0 Å². The van der Waals surface area contributed by atoms with E-state index in [1.807, 2.05) is 0 Å². The molecule has 0 radical (unpaired) electrons. The monoisotopic (exact) mass is 304 g/mol. The first-order valence-corrected chi connectivity index (χ1v) is 6.66. The van der Waals surface area contributed by atoms with Gasteiger partial charge in [-0.3, -0.25) is 4.79 Å². The number of aromatic hydroxyl groups is 1. The molecule has 8 heteroatoms. The molecule has 0 saturated carbocycles. The third-order valence-electron chi connectivity index (χ3n) is 3.21. The Hall–Kier alpha value is -2.90. The predicted octanol–water partition coefficient (Wildman–Crippen LogP) is 2.08. The van der Waals surface area contributed by atoms with Crippen LogP contribution in [0.1, 0.15) is 12.6 Å². The number of nitro groups is 1. The maximum Gasteiger partial charge on any atom is 0.390 e. The quantitative estimate of drug-likeness (QED) is 0.499. The molecule has 1 amide bonds. The number of benzene rings is 1. The summed E-state index contributed by atoms with van der Waals surface area (Å²) in [6, 6.07) is 7.76. The summed E-state index contributed by atoms with van der Waals surface area (Å²) in [6.07, 6.45) is 0. The number of carbonyl (C=O) groups is 1. The zero-order chi connectivity index (χ0) is 16.3. The molecule has 22 heavy (non-hydrogen) atoms. The van der Waals surface area contributed by atoms with Gasteiger partial charge in [0, 0.05) is 0 Å². The van der Waals surface area contributed by atoms with E-state index in [0.717, 1.165) is 0 Å². The van der Waals surface area contributed by atoms with Crippen molar-refractivity contribution in [2.75, 3.05) is 5.32 Å². The van der Waals surface area contributed by atoms with Crippen molar-refractivity contribution in [1.82, 2.24) is 9.78 Å². The van der Waals surface area contributed by atoms with Gasteiger partial charge in [0.25, 0.3) is 0 Å². The van der Waals surface area contributed by atoms with Crippen LogP contribution in [0.15, 0.2) is 30.3 Å². The number of hydrogen-bond donors (Lipinski definition) is 2. The van der Waals surface area contributed by atoms with Crippen molar-refractivity contribution in [2.24, 2.45) is 5.92 Å². The number of hydrogen-bond acceptors (Lipinski definition) is 5. The highest BCUT2D eigenvalue weighted by Gasteiger charge is 2.21. The van der Waals surface area contributed by atoms with Crippen molar-refractivity contribution in [1.29, 1.82) is 0 Å². The van der Waals surface area contributed by atoms with Gasteiger partial charge in [0.15, 0.2) is 0 Å². The van der Waals surface area contributed by atoms with E-state index in [9.17, 15) is 20.0 Å². The molecule has 0 unspecified atom stereocenters. The lowest BCUT2D eigenvalue weighted by atomic mass is 10.1. The molecule has 1 aromatic carbocycles. The number of aryl methyl sites for hydroxylation is 1. The van der Waals surface area contributed by atoms with Gasteiger partial charge in [-0.1, -0.05) is 19.1 Å². The number of nitrogens with zero attached hydrogens (tertiary/aromatic N) is 3. The Balaban J connectivity index is 2.06. The van der Waals surface area contributed by atoms with Crippen LogP contribution in [0.4, 0.5) is 11.5 Å². The Bertz CT molecular complexity index is 711. The van der Waals surface area contributed by atoms with Crippen LogP contribution in [-0.4, -0.2) is 25.7 Å². The Labute approximate surface area is 126 Å². The van der Waals surface area contributed by atoms with Crippen LogP contribution in [0.5, 0.6) is 5.75 Å². The van der Waals surface area contributed by atoms with Crippen molar-refractivity contribution in [3.05, 3.63) is 46.1 Å². The van der Waals surface area contributed by atoms with Crippen molar-refractivity contribution < 1.29 is 14.8 Å². The molecular formula is C14H16N4O4. The van der Waals surface area contributed by atoms with Crippen molar-refractivity contribution >= 4 is 17.4 Å². The molecule has 0 aliphatic rings. The summed E-state index contributed by atoms with van der Waals surface area (Å²) in [6.45, 7) is 3.58. The van der Waals surface area contributed by atoms with E-state index in [1.54, 1.807) is 32.0 Å². The zero-order valence-electron chi connectivity index (χ0n) is 12.2. The van der Waals surface area contributed by atoms with Crippen LogP contribution >= 0.6 is 0 Å². The summed E-state index contributed by atoms with van der Waals surface area (Å²) < 4.78 is 1.42. The molecule has 1 aromatic heterocycles. The van der Waals surface area contributed by atoms with Crippen LogP contribution in [0, 0.1) is 23.0 Å². The van der Waals surface area contributed by atoms with E-state index in [-0.39, 0.29) is 24.0 Å². The molecule has 2 rings (SSSR count). The lowest BCUT2D eigenvalue weighted by molar-refractivity contribution is -0.389. The first-order chi connectivity index (χ1) is 10.4. The minimum absolute atomic E-state index is 0.0195. The number of nitrogens with one attached hydrogen (secondary N) is 1. The van der Waals surface area contributed by atoms with Gasteiger partial charge in [0.2, 0.25) is 5.91 Å². The van der Waals surface area contributed by atoms with Gasteiger partial charge in [0.05, 0.1) is 35.0 Å². The number of rotatable bonds is 5. The minimum Gasteiger partial charge on any atom is -0.506 e. The molecule has 116 valence electrons. The Morgan fingerprint density at radius 2 is 2.18 bits per heavy atom. The highest BCUT2D eigenvalue weighted by atomic mass is 16.6. The van der Waals surface area contributed by atoms with Crippen LogP contribution < -0.4 is 5.32 Å². The molecule has 2 aromatic rings. The van der Waals surface area contributed by atoms with Gasteiger partial charge >= 0.3 is 5.82 Å². The largest absolute Gasteiger partial charge is 0.506 e. The zero-order valence-corrected chi connectivity index (χ0v) is 12.2. The minimum atomic E-state index is -0.573. The number of phenols is 1.